The van der Waals surface area contributed by atoms with Crippen molar-refractivity contribution in [1.82, 2.24) is 15.3 Å². The maximum absolute atomic E-state index is 11.9. The second-order valence-electron chi connectivity index (χ2n) is 4.74. The van der Waals surface area contributed by atoms with Gasteiger partial charge in [-0.1, -0.05) is 34.1 Å². The summed E-state index contributed by atoms with van der Waals surface area (Å²) in [6, 6.07) is 7.07. The topological polar surface area (TPSA) is 127 Å². The average molecular weight is 397 g/mol. The number of H-pyrrole nitrogens is 1. The summed E-state index contributed by atoms with van der Waals surface area (Å²) in [5.74, 6) is -1.01. The quantitative estimate of drug-likeness (QED) is 0.564. The van der Waals surface area contributed by atoms with Crippen LogP contribution < -0.4 is 15.6 Å². The zero-order valence-corrected chi connectivity index (χ0v) is 14.1. The van der Waals surface area contributed by atoms with Crippen molar-refractivity contribution in [2.45, 2.75) is 13.0 Å². The van der Waals surface area contributed by atoms with Gasteiger partial charge in [-0.25, -0.2) is 0 Å². The molecule has 0 fully saturated rings. The summed E-state index contributed by atoms with van der Waals surface area (Å²) >= 11 is 3.39. The number of aromatic nitrogens is 2. The Morgan fingerprint density at radius 3 is 2.88 bits per heavy atom. The predicted octanol–water partition coefficient (Wildman–Crippen LogP) is 1.70. The summed E-state index contributed by atoms with van der Waals surface area (Å²) in [5, 5.41) is 13.5. The van der Waals surface area contributed by atoms with E-state index in [9.17, 15) is 19.7 Å². The van der Waals surface area contributed by atoms with Crippen LogP contribution in [0.1, 0.15) is 18.5 Å². The van der Waals surface area contributed by atoms with Crippen LogP contribution in [0.2, 0.25) is 0 Å². The fourth-order valence-corrected chi connectivity index (χ4v) is 2.59. The standard InChI is InChI=1S/C14H13BrN4O5/c1-8(9-4-2-3-5-10(9)15)18-11(20)6-24-14-12(19(22)23)13(21)16-7-17-14/h2-5,7-8H,6H2,1H3,(H,18,20)(H,16,17,21)/t8-/m0/s1. The molecule has 0 aliphatic carbocycles. The maximum Gasteiger partial charge on any atom is 0.395 e. The van der Waals surface area contributed by atoms with E-state index in [4.69, 9.17) is 4.74 Å². The molecule has 0 radical (unpaired) electrons. The second-order valence-corrected chi connectivity index (χ2v) is 5.60. The van der Waals surface area contributed by atoms with Crippen molar-refractivity contribution in [2.75, 3.05) is 6.61 Å². The van der Waals surface area contributed by atoms with Gasteiger partial charge in [0.15, 0.2) is 6.61 Å². The first-order valence-corrected chi connectivity index (χ1v) is 7.58. The minimum Gasteiger partial charge on any atom is -0.463 e. The molecule has 10 heteroatoms. The highest BCUT2D eigenvalue weighted by Crippen LogP contribution is 2.22. The van der Waals surface area contributed by atoms with Gasteiger partial charge in [0, 0.05) is 4.47 Å². The third-order valence-corrected chi connectivity index (χ3v) is 3.79. The number of halogens is 1. The normalized spacial score (nSPS) is 11.6. The number of hydrogen-bond donors (Lipinski definition) is 2. The third-order valence-electron chi connectivity index (χ3n) is 3.07. The second kappa shape index (κ2) is 7.68. The molecule has 9 nitrogen and oxygen atoms in total. The average Bonchev–Trinajstić information content (AvgIpc) is 2.52. The molecule has 24 heavy (non-hydrogen) atoms. The molecule has 2 N–H and O–H groups in total. The highest BCUT2D eigenvalue weighted by Gasteiger charge is 2.23. The molecular formula is C14H13BrN4O5. The van der Waals surface area contributed by atoms with E-state index in [2.05, 4.69) is 31.2 Å². The monoisotopic (exact) mass is 396 g/mol. The van der Waals surface area contributed by atoms with Gasteiger partial charge in [0.1, 0.15) is 0 Å². The minimum absolute atomic E-state index is 0.307. The first-order chi connectivity index (χ1) is 11.4. The van der Waals surface area contributed by atoms with E-state index < -0.39 is 34.6 Å². The SMILES string of the molecule is C[C@H](NC(=O)COc1nc[nH]c(=O)c1[N+](=O)[O-])c1ccccc1Br. The van der Waals surface area contributed by atoms with E-state index in [1.54, 1.807) is 6.92 Å². The lowest BCUT2D eigenvalue weighted by atomic mass is 10.1. The van der Waals surface area contributed by atoms with E-state index in [-0.39, 0.29) is 6.04 Å². The van der Waals surface area contributed by atoms with Crippen molar-refractivity contribution < 1.29 is 14.5 Å². The van der Waals surface area contributed by atoms with Gasteiger partial charge in [0.05, 0.1) is 17.3 Å². The molecule has 0 saturated carbocycles. The van der Waals surface area contributed by atoms with Gasteiger partial charge in [0.25, 0.3) is 5.91 Å². The molecule has 0 spiro atoms. The van der Waals surface area contributed by atoms with Crippen molar-refractivity contribution in [1.29, 1.82) is 0 Å². The van der Waals surface area contributed by atoms with Crippen LogP contribution in [0.15, 0.2) is 39.9 Å². The number of nitrogens with zero attached hydrogens (tertiary/aromatic N) is 2. The van der Waals surface area contributed by atoms with Crippen LogP contribution in [-0.4, -0.2) is 27.4 Å². The third kappa shape index (κ3) is 4.16. The van der Waals surface area contributed by atoms with Gasteiger partial charge in [-0.05, 0) is 18.6 Å². The van der Waals surface area contributed by atoms with Gasteiger partial charge in [-0.15, -0.1) is 0 Å². The zero-order valence-electron chi connectivity index (χ0n) is 12.5. The van der Waals surface area contributed by atoms with Crippen molar-refractivity contribution >= 4 is 27.5 Å². The Kier molecular flexibility index (Phi) is 5.64. The lowest BCUT2D eigenvalue weighted by Crippen LogP contribution is -2.32. The molecule has 1 heterocycles. The zero-order chi connectivity index (χ0) is 17.7. The van der Waals surface area contributed by atoms with Crippen LogP contribution in [0.3, 0.4) is 0 Å². The number of aromatic amines is 1. The number of rotatable bonds is 6. The number of nitrogens with one attached hydrogen (secondary N) is 2. The molecule has 0 aliphatic heterocycles. The van der Waals surface area contributed by atoms with Crippen LogP contribution in [0.4, 0.5) is 5.69 Å². The number of hydrogen-bond acceptors (Lipinski definition) is 6. The number of nitro groups is 1. The van der Waals surface area contributed by atoms with Crippen molar-refractivity contribution in [3.63, 3.8) is 0 Å². The Balaban J connectivity index is 2.02. The largest absolute Gasteiger partial charge is 0.463 e. The molecular weight excluding hydrogens is 384 g/mol. The highest BCUT2D eigenvalue weighted by atomic mass is 79.9. The van der Waals surface area contributed by atoms with Crippen LogP contribution in [-0.2, 0) is 4.79 Å². The van der Waals surface area contributed by atoms with Crippen LogP contribution in [0.5, 0.6) is 5.88 Å². The van der Waals surface area contributed by atoms with Crippen LogP contribution in [0, 0.1) is 10.1 Å². The van der Waals surface area contributed by atoms with Crippen molar-refractivity contribution in [3.05, 3.63) is 61.1 Å². The van der Waals surface area contributed by atoms with Crippen molar-refractivity contribution in [3.8, 4) is 5.88 Å². The Morgan fingerprint density at radius 1 is 1.50 bits per heavy atom. The molecule has 2 rings (SSSR count). The molecule has 1 amide bonds. The Morgan fingerprint density at radius 2 is 2.21 bits per heavy atom. The van der Waals surface area contributed by atoms with E-state index in [1.165, 1.54) is 0 Å². The molecule has 2 aromatic rings. The summed E-state index contributed by atoms with van der Waals surface area (Å²) in [6.45, 7) is 1.28. The Bertz CT molecular complexity index is 823. The number of benzene rings is 1. The fourth-order valence-electron chi connectivity index (χ4n) is 1.96. The van der Waals surface area contributed by atoms with Gasteiger partial charge < -0.3 is 15.0 Å². The molecule has 0 unspecified atom stereocenters. The van der Waals surface area contributed by atoms with Crippen LogP contribution in [0.25, 0.3) is 0 Å². The summed E-state index contributed by atoms with van der Waals surface area (Å²) in [7, 11) is 0. The Labute approximate surface area is 144 Å². The highest BCUT2D eigenvalue weighted by molar-refractivity contribution is 9.10. The van der Waals surface area contributed by atoms with E-state index in [1.807, 2.05) is 24.3 Å². The first kappa shape index (κ1) is 17.6. The minimum atomic E-state index is -0.952. The molecule has 0 saturated heterocycles. The molecule has 126 valence electrons. The van der Waals surface area contributed by atoms with Crippen LogP contribution >= 0.6 is 15.9 Å². The molecule has 0 bridgehead atoms. The summed E-state index contributed by atoms with van der Waals surface area (Å²) in [4.78, 5) is 38.9. The number of amides is 1. The lowest BCUT2D eigenvalue weighted by molar-refractivity contribution is -0.387. The summed E-state index contributed by atoms with van der Waals surface area (Å²) in [5.41, 5.74) is -0.928. The number of ether oxygens (including phenoxy) is 1. The van der Waals surface area contributed by atoms with E-state index in [0.29, 0.717) is 0 Å². The number of carbonyl (C=O) groups excluding carboxylic acids is 1. The van der Waals surface area contributed by atoms with E-state index >= 15 is 0 Å². The fraction of sp³-hybridized carbons (Fsp3) is 0.214. The van der Waals surface area contributed by atoms with Gasteiger partial charge in [-0.3, -0.25) is 19.7 Å². The Hall–Kier alpha value is -2.75. The summed E-state index contributed by atoms with van der Waals surface area (Å²) in [6.07, 6.45) is 0.965. The first-order valence-electron chi connectivity index (χ1n) is 6.78. The van der Waals surface area contributed by atoms with Gasteiger partial charge in [-0.2, -0.15) is 4.98 Å². The molecule has 1 atom stereocenters. The number of carbonyl (C=O) groups is 1. The smallest absolute Gasteiger partial charge is 0.395 e. The maximum atomic E-state index is 11.9. The van der Waals surface area contributed by atoms with E-state index in [0.717, 1.165) is 16.4 Å². The lowest BCUT2D eigenvalue weighted by Gasteiger charge is -2.15. The van der Waals surface area contributed by atoms with Gasteiger partial charge in [0.2, 0.25) is 0 Å². The molecule has 1 aromatic heterocycles. The summed E-state index contributed by atoms with van der Waals surface area (Å²) < 4.78 is 5.85. The van der Waals surface area contributed by atoms with Crippen molar-refractivity contribution in [2.24, 2.45) is 0 Å². The molecule has 1 aromatic carbocycles. The van der Waals surface area contributed by atoms with Gasteiger partial charge >= 0.3 is 17.1 Å². The predicted molar refractivity (Wildman–Crippen MR) is 87.7 cm³/mol. The molecule has 0 aliphatic rings.